The van der Waals surface area contributed by atoms with E-state index < -0.39 is 11.9 Å². The Labute approximate surface area is 82.7 Å². The zero-order valence-electron chi connectivity index (χ0n) is 6.81. The minimum Gasteiger partial charge on any atom is -0.303 e. The summed E-state index contributed by atoms with van der Waals surface area (Å²) in [4.78, 5) is 13.4. The van der Waals surface area contributed by atoms with Crippen molar-refractivity contribution in [3.8, 4) is 0 Å². The Bertz CT molecular complexity index is 351. The molecule has 0 bridgehead atoms. The molecule has 0 atom stereocenters. The first-order chi connectivity index (χ1) is 6.45. The van der Waals surface area contributed by atoms with Crippen LogP contribution in [0.15, 0.2) is 12.1 Å². The number of alkyl halides is 3. The van der Waals surface area contributed by atoms with Gasteiger partial charge in [-0.15, -0.1) is 0 Å². The first-order valence-electron chi connectivity index (χ1n) is 3.61. The molecular formula is C8H5ClF3NO. The van der Waals surface area contributed by atoms with E-state index in [9.17, 15) is 18.0 Å². The highest BCUT2D eigenvalue weighted by Gasteiger charge is 2.32. The molecule has 0 aliphatic carbocycles. The lowest BCUT2D eigenvalue weighted by atomic mass is 10.2. The van der Waals surface area contributed by atoms with Crippen LogP contribution in [0.3, 0.4) is 0 Å². The Morgan fingerprint density at radius 1 is 1.43 bits per heavy atom. The minimum absolute atomic E-state index is 0.0588. The van der Waals surface area contributed by atoms with Crippen molar-refractivity contribution in [2.75, 3.05) is 0 Å². The Kier molecular flexibility index (Phi) is 3.10. The fourth-order valence-corrected chi connectivity index (χ4v) is 1.05. The smallest absolute Gasteiger partial charge is 0.303 e. The lowest BCUT2D eigenvalue weighted by Crippen LogP contribution is -2.09. The molecule has 1 aromatic heterocycles. The van der Waals surface area contributed by atoms with Gasteiger partial charge in [0.1, 0.15) is 12.0 Å². The quantitative estimate of drug-likeness (QED) is 0.721. The predicted molar refractivity (Wildman–Crippen MR) is 44.0 cm³/mol. The maximum Gasteiger partial charge on any atom is 0.433 e. The van der Waals surface area contributed by atoms with Crippen LogP contribution in [0.4, 0.5) is 13.2 Å². The van der Waals surface area contributed by atoms with Gasteiger partial charge in [-0.3, -0.25) is 0 Å². The van der Waals surface area contributed by atoms with Crippen LogP contribution in [0.5, 0.6) is 0 Å². The number of halogens is 4. The van der Waals surface area contributed by atoms with Crippen LogP contribution in [0, 0.1) is 0 Å². The number of aldehydes is 1. The zero-order valence-corrected chi connectivity index (χ0v) is 7.56. The van der Waals surface area contributed by atoms with Crippen molar-refractivity contribution >= 4 is 17.9 Å². The summed E-state index contributed by atoms with van der Waals surface area (Å²) in [5.74, 6) is 0. The van der Waals surface area contributed by atoms with E-state index in [2.05, 4.69) is 4.98 Å². The molecule has 1 rings (SSSR count). The third-order valence-corrected chi connectivity index (χ3v) is 1.83. The van der Waals surface area contributed by atoms with E-state index in [-0.39, 0.29) is 17.1 Å². The van der Waals surface area contributed by atoms with Crippen molar-refractivity contribution in [3.63, 3.8) is 0 Å². The van der Waals surface area contributed by atoms with Gasteiger partial charge in [-0.2, -0.15) is 13.2 Å². The third-order valence-electron chi connectivity index (χ3n) is 1.49. The Morgan fingerprint density at radius 2 is 2.07 bits per heavy atom. The van der Waals surface area contributed by atoms with Gasteiger partial charge in [-0.1, -0.05) is 11.6 Å². The number of hydrogen-bond acceptors (Lipinski definition) is 2. The Morgan fingerprint density at radius 3 is 2.57 bits per heavy atom. The molecular weight excluding hydrogens is 219 g/mol. The second-order valence-corrected chi connectivity index (χ2v) is 2.90. The average Bonchev–Trinajstić information content (AvgIpc) is 2.07. The molecule has 0 saturated heterocycles. The molecule has 1 heterocycles. The van der Waals surface area contributed by atoms with E-state index in [0.717, 1.165) is 12.1 Å². The van der Waals surface area contributed by atoms with Gasteiger partial charge < -0.3 is 4.79 Å². The number of carbonyl (C=O) groups excluding carboxylic acids is 1. The van der Waals surface area contributed by atoms with Gasteiger partial charge in [0.2, 0.25) is 0 Å². The van der Waals surface area contributed by atoms with Crippen molar-refractivity contribution in [1.29, 1.82) is 0 Å². The highest BCUT2D eigenvalue weighted by Crippen LogP contribution is 2.29. The largest absolute Gasteiger partial charge is 0.433 e. The molecule has 76 valence electrons. The fourth-order valence-electron chi connectivity index (χ4n) is 0.864. The van der Waals surface area contributed by atoms with Crippen LogP contribution in [0.1, 0.15) is 11.4 Å². The number of aromatic nitrogens is 1. The van der Waals surface area contributed by atoms with Crippen LogP contribution in [-0.2, 0) is 17.4 Å². The summed E-state index contributed by atoms with van der Waals surface area (Å²) in [5.41, 5.74) is -1.10. The van der Waals surface area contributed by atoms with E-state index >= 15 is 0 Å². The highest BCUT2D eigenvalue weighted by molar-refractivity contribution is 6.31. The second-order valence-electron chi connectivity index (χ2n) is 2.49. The molecule has 0 radical (unpaired) electrons. The third kappa shape index (κ3) is 2.45. The summed E-state index contributed by atoms with van der Waals surface area (Å²) >= 11 is 5.54. The SMILES string of the molecule is O=CCc1nc(C(F)(F)F)ccc1Cl. The molecule has 0 fully saturated rings. The summed E-state index contributed by atoms with van der Waals surface area (Å²) in [7, 11) is 0. The van der Waals surface area contributed by atoms with E-state index in [1.54, 1.807) is 0 Å². The minimum atomic E-state index is -4.51. The van der Waals surface area contributed by atoms with E-state index in [4.69, 9.17) is 11.6 Å². The molecule has 0 amide bonds. The van der Waals surface area contributed by atoms with Crippen molar-refractivity contribution in [1.82, 2.24) is 4.98 Å². The van der Waals surface area contributed by atoms with E-state index in [0.29, 0.717) is 6.29 Å². The number of nitrogens with zero attached hydrogens (tertiary/aromatic N) is 1. The molecule has 2 nitrogen and oxygen atoms in total. The van der Waals surface area contributed by atoms with Gasteiger partial charge in [-0.25, -0.2) is 4.98 Å². The number of carbonyl (C=O) groups is 1. The lowest BCUT2D eigenvalue weighted by Gasteiger charge is -2.07. The van der Waals surface area contributed by atoms with Crippen molar-refractivity contribution in [3.05, 3.63) is 28.5 Å². The van der Waals surface area contributed by atoms with Crippen LogP contribution in [0.2, 0.25) is 5.02 Å². The molecule has 0 aliphatic rings. The second kappa shape index (κ2) is 3.96. The molecule has 1 aromatic rings. The van der Waals surface area contributed by atoms with E-state index in [1.807, 2.05) is 0 Å². The van der Waals surface area contributed by atoms with Crippen LogP contribution < -0.4 is 0 Å². The molecule has 0 N–H and O–H groups in total. The summed E-state index contributed by atoms with van der Waals surface area (Å²) in [6.45, 7) is 0. The first kappa shape index (κ1) is 11.0. The molecule has 0 aliphatic heterocycles. The van der Waals surface area contributed by atoms with Crippen LogP contribution in [-0.4, -0.2) is 11.3 Å². The van der Waals surface area contributed by atoms with Crippen molar-refractivity contribution < 1.29 is 18.0 Å². The van der Waals surface area contributed by atoms with Gasteiger partial charge in [0.25, 0.3) is 0 Å². The van der Waals surface area contributed by atoms with Gasteiger partial charge in [-0.05, 0) is 12.1 Å². The summed E-state index contributed by atoms with van der Waals surface area (Å²) in [6.07, 6.45) is -4.28. The van der Waals surface area contributed by atoms with Gasteiger partial charge >= 0.3 is 6.18 Å². The molecule has 6 heteroatoms. The van der Waals surface area contributed by atoms with Gasteiger partial charge in [0.05, 0.1) is 10.7 Å². The summed E-state index contributed by atoms with van der Waals surface area (Å²) < 4.78 is 36.4. The monoisotopic (exact) mass is 223 g/mol. The molecule has 0 aromatic carbocycles. The highest BCUT2D eigenvalue weighted by atomic mass is 35.5. The molecule has 0 saturated carbocycles. The summed E-state index contributed by atoms with van der Waals surface area (Å²) in [6, 6.07) is 1.85. The maximum atomic E-state index is 12.1. The molecule has 14 heavy (non-hydrogen) atoms. The summed E-state index contributed by atoms with van der Waals surface area (Å²) in [5, 5.41) is 0.0603. The maximum absolute atomic E-state index is 12.1. The van der Waals surface area contributed by atoms with Gasteiger partial charge in [0.15, 0.2) is 0 Å². The number of pyridine rings is 1. The van der Waals surface area contributed by atoms with Crippen LogP contribution >= 0.6 is 11.6 Å². The average molecular weight is 224 g/mol. The standard InChI is InChI=1S/C8H5ClF3NO/c9-5-1-2-7(8(10,11)12)13-6(5)3-4-14/h1-2,4H,3H2. The topological polar surface area (TPSA) is 30.0 Å². The Hall–Kier alpha value is -1.10. The van der Waals surface area contributed by atoms with Gasteiger partial charge in [0, 0.05) is 6.42 Å². The number of hydrogen-bond donors (Lipinski definition) is 0. The Balaban J connectivity index is 3.12. The zero-order chi connectivity index (χ0) is 10.8. The fraction of sp³-hybridized carbons (Fsp3) is 0.250. The normalized spacial score (nSPS) is 11.4. The molecule has 0 unspecified atom stereocenters. The predicted octanol–water partition coefficient (Wildman–Crippen LogP) is 2.50. The molecule has 0 spiro atoms. The van der Waals surface area contributed by atoms with Crippen molar-refractivity contribution in [2.45, 2.75) is 12.6 Å². The number of rotatable bonds is 2. The lowest BCUT2D eigenvalue weighted by molar-refractivity contribution is -0.141. The van der Waals surface area contributed by atoms with Crippen LogP contribution in [0.25, 0.3) is 0 Å². The van der Waals surface area contributed by atoms with Crippen molar-refractivity contribution in [2.24, 2.45) is 0 Å². The first-order valence-corrected chi connectivity index (χ1v) is 3.99. The van der Waals surface area contributed by atoms with E-state index in [1.165, 1.54) is 0 Å².